The van der Waals surface area contributed by atoms with Gasteiger partial charge in [-0.25, -0.2) is 0 Å². The highest BCUT2D eigenvalue weighted by Gasteiger charge is 2.18. The molecular formula is C20H18N4O4. The molecule has 1 heterocycles. The molecule has 3 rings (SSSR count). The number of methoxy groups -OCH3 is 1. The number of allylic oxidation sites excluding steroid dienone is 1. The zero-order valence-corrected chi connectivity index (χ0v) is 15.1. The van der Waals surface area contributed by atoms with E-state index in [0.717, 1.165) is 0 Å². The number of para-hydroxylation sites is 3. The molecule has 0 saturated carbocycles. The number of rotatable bonds is 5. The van der Waals surface area contributed by atoms with Crippen molar-refractivity contribution in [2.45, 2.75) is 6.54 Å². The number of aromatic hydroxyl groups is 1. The van der Waals surface area contributed by atoms with Gasteiger partial charge in [0.2, 0.25) is 5.88 Å². The van der Waals surface area contributed by atoms with Crippen LogP contribution in [-0.4, -0.2) is 28.6 Å². The first-order valence-electron chi connectivity index (χ1n) is 8.38. The van der Waals surface area contributed by atoms with Crippen molar-refractivity contribution < 1.29 is 19.4 Å². The maximum Gasteiger partial charge on any atom is 0.353 e. The molecule has 8 nitrogen and oxygen atoms in total. The highest BCUT2D eigenvalue weighted by Crippen LogP contribution is 2.38. The van der Waals surface area contributed by atoms with Crippen molar-refractivity contribution in [2.75, 3.05) is 12.4 Å². The lowest BCUT2D eigenvalue weighted by molar-refractivity contribution is -0.134. The molecule has 0 atom stereocenters. The number of anilines is 1. The van der Waals surface area contributed by atoms with Crippen LogP contribution >= 0.6 is 0 Å². The van der Waals surface area contributed by atoms with E-state index in [1.165, 1.54) is 7.11 Å². The number of hydrogen-bond donors (Lipinski definition) is 2. The van der Waals surface area contributed by atoms with Crippen LogP contribution in [0.5, 0.6) is 11.6 Å². The van der Waals surface area contributed by atoms with Crippen LogP contribution in [-0.2, 0) is 16.1 Å². The van der Waals surface area contributed by atoms with Crippen LogP contribution in [0.3, 0.4) is 0 Å². The van der Waals surface area contributed by atoms with Crippen LogP contribution in [0, 0.1) is 0 Å². The molecule has 2 N–H and O–H groups in total. The number of amides is 2. The topological polar surface area (TPSA) is 105 Å². The number of fused-ring (bicyclic) bond motifs is 1. The lowest BCUT2D eigenvalue weighted by Crippen LogP contribution is -2.20. The molecule has 0 aliphatic carbocycles. The zero-order chi connectivity index (χ0) is 20.1. The van der Waals surface area contributed by atoms with E-state index in [4.69, 9.17) is 4.74 Å². The first-order valence-corrected chi connectivity index (χ1v) is 8.38. The highest BCUT2D eigenvalue weighted by molar-refractivity contribution is 6.40. The van der Waals surface area contributed by atoms with Crippen molar-refractivity contribution in [3.8, 4) is 11.6 Å². The van der Waals surface area contributed by atoms with E-state index in [1.54, 1.807) is 53.1 Å². The Morgan fingerprint density at radius 3 is 2.68 bits per heavy atom. The summed E-state index contributed by atoms with van der Waals surface area (Å²) >= 11 is 0. The summed E-state index contributed by atoms with van der Waals surface area (Å²) in [6.45, 7) is 4.01. The van der Waals surface area contributed by atoms with Gasteiger partial charge in [-0.05, 0) is 18.2 Å². The van der Waals surface area contributed by atoms with E-state index in [1.807, 2.05) is 6.07 Å². The molecule has 0 saturated heterocycles. The summed E-state index contributed by atoms with van der Waals surface area (Å²) < 4.78 is 6.70. The minimum atomic E-state index is -1.11. The number of carbonyl (C=O) groups is 2. The summed E-state index contributed by atoms with van der Waals surface area (Å²) in [4.78, 5) is 24.2. The molecule has 0 unspecified atom stereocenters. The number of carbonyl (C=O) groups excluding carboxylic acids is 2. The van der Waals surface area contributed by atoms with E-state index in [-0.39, 0.29) is 11.6 Å². The number of azo groups is 1. The van der Waals surface area contributed by atoms with Crippen LogP contribution in [0.15, 0.2) is 71.4 Å². The van der Waals surface area contributed by atoms with E-state index in [2.05, 4.69) is 22.1 Å². The molecule has 8 heteroatoms. The molecule has 1 aromatic heterocycles. The molecule has 0 spiro atoms. The van der Waals surface area contributed by atoms with Gasteiger partial charge in [0.1, 0.15) is 5.75 Å². The molecule has 0 aliphatic rings. The van der Waals surface area contributed by atoms with Gasteiger partial charge in [0.15, 0.2) is 5.69 Å². The van der Waals surface area contributed by atoms with Crippen molar-refractivity contribution in [1.82, 2.24) is 4.57 Å². The lowest BCUT2D eigenvalue weighted by Gasteiger charge is -2.07. The Bertz CT molecular complexity index is 1080. The van der Waals surface area contributed by atoms with Crippen LogP contribution in [0.4, 0.5) is 11.4 Å². The third-order valence-corrected chi connectivity index (χ3v) is 4.02. The largest absolute Gasteiger partial charge is 0.495 e. The van der Waals surface area contributed by atoms with Crippen LogP contribution in [0.2, 0.25) is 0 Å². The molecule has 0 fully saturated rings. The highest BCUT2D eigenvalue weighted by atomic mass is 16.5. The lowest BCUT2D eigenvalue weighted by atomic mass is 10.2. The van der Waals surface area contributed by atoms with E-state index in [9.17, 15) is 14.7 Å². The normalized spacial score (nSPS) is 10.9. The molecule has 142 valence electrons. The van der Waals surface area contributed by atoms with Gasteiger partial charge in [-0.15, -0.1) is 16.8 Å². The Morgan fingerprint density at radius 1 is 1.21 bits per heavy atom. The predicted molar refractivity (Wildman–Crippen MR) is 105 cm³/mol. The second-order valence-corrected chi connectivity index (χ2v) is 5.75. The SMILES string of the molecule is C=CCn1c(O)c(N=NC(=O)C(=O)Nc2ccccc2OC)c2ccccc21. The number of aromatic nitrogens is 1. The van der Waals surface area contributed by atoms with Crippen LogP contribution in [0.25, 0.3) is 10.9 Å². The van der Waals surface area contributed by atoms with E-state index >= 15 is 0 Å². The van der Waals surface area contributed by atoms with Crippen LogP contribution < -0.4 is 10.1 Å². The molecule has 28 heavy (non-hydrogen) atoms. The molecule has 3 aromatic rings. The van der Waals surface area contributed by atoms with Crippen molar-refractivity contribution >= 4 is 34.1 Å². The maximum absolute atomic E-state index is 12.1. The van der Waals surface area contributed by atoms with Crippen LogP contribution in [0.1, 0.15) is 0 Å². The van der Waals surface area contributed by atoms with Crippen molar-refractivity contribution in [1.29, 1.82) is 0 Å². The average molecular weight is 378 g/mol. The standard InChI is InChI=1S/C20H18N4O4/c1-3-12-24-15-10-6-4-8-13(15)17(20(24)27)22-23-19(26)18(25)21-14-9-5-7-11-16(14)28-2/h3-11,27H,1,12H2,2H3,(H,21,25). The quantitative estimate of drug-likeness (QED) is 0.400. The van der Waals surface area contributed by atoms with Gasteiger partial charge in [0, 0.05) is 11.9 Å². The Balaban J connectivity index is 1.85. The summed E-state index contributed by atoms with van der Waals surface area (Å²) in [5.74, 6) is -1.83. The fourth-order valence-electron chi connectivity index (χ4n) is 2.75. The second kappa shape index (κ2) is 8.17. The molecule has 2 amide bonds. The molecule has 2 aromatic carbocycles. The molecule has 0 radical (unpaired) electrons. The number of ether oxygens (including phenoxy) is 1. The minimum absolute atomic E-state index is 0.107. The average Bonchev–Trinajstić information content (AvgIpc) is 2.98. The van der Waals surface area contributed by atoms with E-state index < -0.39 is 11.8 Å². The van der Waals surface area contributed by atoms with Crippen molar-refractivity contribution in [2.24, 2.45) is 10.2 Å². The number of benzene rings is 2. The summed E-state index contributed by atoms with van der Waals surface area (Å²) in [6.07, 6.45) is 1.62. The second-order valence-electron chi connectivity index (χ2n) is 5.75. The molecule has 0 aliphatic heterocycles. The van der Waals surface area contributed by atoms with Gasteiger partial charge >= 0.3 is 11.8 Å². The summed E-state index contributed by atoms with van der Waals surface area (Å²) in [5.41, 5.74) is 1.15. The van der Waals surface area contributed by atoms with Gasteiger partial charge < -0.3 is 19.7 Å². The minimum Gasteiger partial charge on any atom is -0.495 e. The molecule has 0 bridgehead atoms. The first kappa shape index (κ1) is 18.8. The van der Waals surface area contributed by atoms with Gasteiger partial charge in [0.25, 0.3) is 0 Å². The third-order valence-electron chi connectivity index (χ3n) is 4.02. The Morgan fingerprint density at radius 2 is 1.93 bits per heavy atom. The fourth-order valence-corrected chi connectivity index (χ4v) is 2.75. The fraction of sp³-hybridized carbons (Fsp3) is 0.100. The number of nitrogens with zero attached hydrogens (tertiary/aromatic N) is 3. The zero-order valence-electron chi connectivity index (χ0n) is 15.1. The Labute approximate surface area is 160 Å². The van der Waals surface area contributed by atoms with Gasteiger partial charge in [-0.2, -0.15) is 0 Å². The summed E-state index contributed by atoms with van der Waals surface area (Å²) in [5, 5.41) is 20.7. The summed E-state index contributed by atoms with van der Waals surface area (Å²) in [7, 11) is 1.45. The maximum atomic E-state index is 12.1. The van der Waals surface area contributed by atoms with Gasteiger partial charge in [0.05, 0.1) is 18.3 Å². The molecular weight excluding hydrogens is 360 g/mol. The van der Waals surface area contributed by atoms with Crippen molar-refractivity contribution in [3.63, 3.8) is 0 Å². The summed E-state index contributed by atoms with van der Waals surface area (Å²) in [6, 6.07) is 13.8. The third kappa shape index (κ3) is 3.61. The van der Waals surface area contributed by atoms with E-state index in [0.29, 0.717) is 28.9 Å². The smallest absolute Gasteiger partial charge is 0.353 e. The number of hydrogen-bond acceptors (Lipinski definition) is 5. The number of nitrogens with one attached hydrogen (secondary N) is 1. The van der Waals surface area contributed by atoms with Gasteiger partial charge in [-0.3, -0.25) is 9.59 Å². The Kier molecular flexibility index (Phi) is 5.50. The predicted octanol–water partition coefficient (Wildman–Crippen LogP) is 3.79. The monoisotopic (exact) mass is 378 g/mol. The Hall–Kier alpha value is -3.94. The van der Waals surface area contributed by atoms with Crippen molar-refractivity contribution in [3.05, 3.63) is 61.2 Å². The van der Waals surface area contributed by atoms with Gasteiger partial charge in [-0.1, -0.05) is 36.4 Å². The first-order chi connectivity index (χ1) is 13.6.